The molecule has 2 heterocycles. The first-order chi connectivity index (χ1) is 8.53. The zero-order valence-electron chi connectivity index (χ0n) is 9.69. The van der Waals surface area contributed by atoms with Crippen LogP contribution in [0.15, 0.2) is 47.9 Å². The van der Waals surface area contributed by atoms with Crippen molar-refractivity contribution in [3.63, 3.8) is 0 Å². The van der Waals surface area contributed by atoms with Gasteiger partial charge in [0, 0.05) is 19.4 Å². The first kappa shape index (κ1) is 12.3. The van der Waals surface area contributed by atoms with E-state index in [0.717, 1.165) is 4.31 Å². The molecule has 0 bridgehead atoms. The molecule has 0 aliphatic rings. The van der Waals surface area contributed by atoms with Gasteiger partial charge in [-0.25, -0.2) is 4.98 Å². The van der Waals surface area contributed by atoms with Crippen LogP contribution in [0, 0.1) is 0 Å². The standard InChI is InChI=1S/C11H12N4O2S/c1-15(9-4-2-6-13-8-9)18(16,17)11-10(12)5-3-7-14-11/h2-8H,12H2,1H3. The Morgan fingerprint density at radius 3 is 2.56 bits per heavy atom. The monoisotopic (exact) mass is 264 g/mol. The third-order valence-electron chi connectivity index (χ3n) is 2.41. The lowest BCUT2D eigenvalue weighted by molar-refractivity contribution is 0.591. The summed E-state index contributed by atoms with van der Waals surface area (Å²) in [6.07, 6.45) is 4.41. The van der Waals surface area contributed by atoms with E-state index in [9.17, 15) is 8.42 Å². The summed E-state index contributed by atoms with van der Waals surface area (Å²) in [6.45, 7) is 0. The molecular formula is C11H12N4O2S. The van der Waals surface area contributed by atoms with Gasteiger partial charge in [-0.1, -0.05) is 0 Å². The molecule has 0 aliphatic heterocycles. The lowest BCUT2D eigenvalue weighted by Crippen LogP contribution is -2.28. The second kappa shape index (κ2) is 4.61. The Morgan fingerprint density at radius 1 is 1.22 bits per heavy atom. The van der Waals surface area contributed by atoms with Crippen LogP contribution in [0.5, 0.6) is 0 Å². The van der Waals surface area contributed by atoms with Gasteiger partial charge in [0.2, 0.25) is 0 Å². The van der Waals surface area contributed by atoms with Crippen LogP contribution in [0.4, 0.5) is 11.4 Å². The van der Waals surface area contributed by atoms with Crippen LogP contribution >= 0.6 is 0 Å². The summed E-state index contributed by atoms with van der Waals surface area (Å²) >= 11 is 0. The minimum absolute atomic E-state index is 0.119. The fourth-order valence-electron chi connectivity index (χ4n) is 1.43. The van der Waals surface area contributed by atoms with Gasteiger partial charge in [-0.15, -0.1) is 0 Å². The predicted molar refractivity (Wildman–Crippen MR) is 68.5 cm³/mol. The third-order valence-corrected chi connectivity index (χ3v) is 4.18. The number of pyridine rings is 2. The molecule has 18 heavy (non-hydrogen) atoms. The molecule has 0 spiro atoms. The van der Waals surface area contributed by atoms with Crippen LogP contribution in [0.25, 0.3) is 0 Å². The van der Waals surface area contributed by atoms with Crippen molar-refractivity contribution in [1.29, 1.82) is 0 Å². The van der Waals surface area contributed by atoms with E-state index >= 15 is 0 Å². The lowest BCUT2D eigenvalue weighted by atomic mass is 10.4. The number of rotatable bonds is 3. The van der Waals surface area contributed by atoms with Gasteiger partial charge >= 0.3 is 0 Å². The summed E-state index contributed by atoms with van der Waals surface area (Å²) in [5, 5.41) is -0.156. The van der Waals surface area contributed by atoms with Gasteiger partial charge in [-0.05, 0) is 24.3 Å². The summed E-state index contributed by atoms with van der Waals surface area (Å²) in [5.41, 5.74) is 6.20. The first-order valence-electron chi connectivity index (χ1n) is 5.13. The molecule has 2 N–H and O–H groups in total. The minimum Gasteiger partial charge on any atom is -0.396 e. The summed E-state index contributed by atoms with van der Waals surface area (Å²) in [5.74, 6) is 0. The van der Waals surface area contributed by atoms with Crippen molar-refractivity contribution in [2.45, 2.75) is 5.03 Å². The molecule has 0 amide bonds. The normalized spacial score (nSPS) is 11.2. The molecule has 2 rings (SSSR count). The average Bonchev–Trinajstić information content (AvgIpc) is 2.39. The highest BCUT2D eigenvalue weighted by atomic mass is 32.2. The average molecular weight is 264 g/mol. The number of sulfonamides is 1. The van der Waals surface area contributed by atoms with E-state index in [4.69, 9.17) is 5.73 Å². The smallest absolute Gasteiger partial charge is 0.283 e. The molecule has 0 atom stereocenters. The maximum absolute atomic E-state index is 12.3. The van der Waals surface area contributed by atoms with Gasteiger partial charge in [0.05, 0.1) is 17.6 Å². The molecule has 2 aromatic heterocycles. The van der Waals surface area contributed by atoms with E-state index < -0.39 is 10.0 Å². The molecule has 0 unspecified atom stereocenters. The second-order valence-corrected chi connectivity index (χ2v) is 5.47. The molecule has 2 aromatic rings. The molecular weight excluding hydrogens is 252 g/mol. The van der Waals surface area contributed by atoms with Crippen LogP contribution in [-0.2, 0) is 10.0 Å². The number of nitrogens with zero attached hydrogens (tertiary/aromatic N) is 3. The second-order valence-electron chi connectivity index (χ2n) is 3.58. The van der Waals surface area contributed by atoms with Crippen molar-refractivity contribution in [2.75, 3.05) is 17.1 Å². The number of aromatic nitrogens is 2. The van der Waals surface area contributed by atoms with Gasteiger partial charge in [0.15, 0.2) is 5.03 Å². The number of nitrogen functional groups attached to an aromatic ring is 1. The molecule has 0 fully saturated rings. The Kier molecular flexibility index (Phi) is 3.15. The van der Waals surface area contributed by atoms with Crippen molar-refractivity contribution >= 4 is 21.4 Å². The summed E-state index contributed by atoms with van der Waals surface area (Å²) in [7, 11) is -2.33. The van der Waals surface area contributed by atoms with Crippen LogP contribution < -0.4 is 10.0 Å². The number of anilines is 2. The topological polar surface area (TPSA) is 89.2 Å². The molecule has 0 radical (unpaired) electrons. The van der Waals surface area contributed by atoms with Crippen molar-refractivity contribution in [2.24, 2.45) is 0 Å². The van der Waals surface area contributed by atoms with E-state index in [2.05, 4.69) is 9.97 Å². The Morgan fingerprint density at radius 2 is 1.94 bits per heavy atom. The van der Waals surface area contributed by atoms with Crippen LogP contribution in [0.2, 0.25) is 0 Å². The van der Waals surface area contributed by atoms with E-state index in [1.807, 2.05) is 0 Å². The maximum atomic E-state index is 12.3. The van der Waals surface area contributed by atoms with Gasteiger partial charge in [-0.2, -0.15) is 8.42 Å². The van der Waals surface area contributed by atoms with E-state index in [0.29, 0.717) is 5.69 Å². The number of nitrogens with two attached hydrogens (primary N) is 1. The predicted octanol–water partition coefficient (Wildman–Crippen LogP) is 0.884. The van der Waals surface area contributed by atoms with Crippen LogP contribution in [-0.4, -0.2) is 25.4 Å². The van der Waals surface area contributed by atoms with E-state index in [1.165, 1.54) is 25.5 Å². The highest BCUT2D eigenvalue weighted by Crippen LogP contribution is 2.22. The Hall–Kier alpha value is -2.15. The Labute approximate surface area is 105 Å². The molecule has 0 saturated heterocycles. The van der Waals surface area contributed by atoms with E-state index in [1.54, 1.807) is 24.4 Å². The summed E-state index contributed by atoms with van der Waals surface area (Å²) in [6, 6.07) is 6.38. The Bertz CT molecular complexity index is 643. The van der Waals surface area contributed by atoms with Crippen molar-refractivity contribution in [1.82, 2.24) is 9.97 Å². The lowest BCUT2D eigenvalue weighted by Gasteiger charge is -2.18. The molecule has 0 aromatic carbocycles. The highest BCUT2D eigenvalue weighted by molar-refractivity contribution is 7.92. The Balaban J connectivity index is 2.48. The molecule has 0 aliphatic carbocycles. The van der Waals surface area contributed by atoms with E-state index in [-0.39, 0.29) is 10.7 Å². The van der Waals surface area contributed by atoms with Crippen molar-refractivity contribution in [3.05, 3.63) is 42.9 Å². The quantitative estimate of drug-likeness (QED) is 0.889. The number of hydrogen-bond donors (Lipinski definition) is 1. The largest absolute Gasteiger partial charge is 0.396 e. The molecule has 94 valence electrons. The fourth-order valence-corrected chi connectivity index (χ4v) is 2.63. The highest BCUT2D eigenvalue weighted by Gasteiger charge is 2.24. The zero-order valence-corrected chi connectivity index (χ0v) is 10.5. The fraction of sp³-hybridized carbons (Fsp3) is 0.0909. The van der Waals surface area contributed by atoms with Gasteiger partial charge < -0.3 is 5.73 Å². The van der Waals surface area contributed by atoms with Crippen LogP contribution in [0.1, 0.15) is 0 Å². The van der Waals surface area contributed by atoms with Gasteiger partial charge in [0.1, 0.15) is 0 Å². The third kappa shape index (κ3) is 2.12. The minimum atomic E-state index is -3.77. The van der Waals surface area contributed by atoms with Crippen molar-refractivity contribution in [3.8, 4) is 0 Å². The molecule has 6 nitrogen and oxygen atoms in total. The maximum Gasteiger partial charge on any atom is 0.283 e. The first-order valence-corrected chi connectivity index (χ1v) is 6.57. The number of hydrogen-bond acceptors (Lipinski definition) is 5. The summed E-state index contributed by atoms with van der Waals surface area (Å²) in [4.78, 5) is 7.70. The summed E-state index contributed by atoms with van der Waals surface area (Å²) < 4.78 is 25.7. The SMILES string of the molecule is CN(c1cccnc1)S(=O)(=O)c1ncccc1N. The van der Waals surface area contributed by atoms with Crippen LogP contribution in [0.3, 0.4) is 0 Å². The molecule has 0 saturated carbocycles. The molecule has 7 heteroatoms. The zero-order chi connectivity index (χ0) is 13.2. The van der Waals surface area contributed by atoms with Gasteiger partial charge in [0.25, 0.3) is 10.0 Å². The van der Waals surface area contributed by atoms with Crippen molar-refractivity contribution < 1.29 is 8.42 Å². The van der Waals surface area contributed by atoms with Gasteiger partial charge in [-0.3, -0.25) is 9.29 Å².